The summed E-state index contributed by atoms with van der Waals surface area (Å²) in [5, 5.41) is 0. The lowest BCUT2D eigenvalue weighted by molar-refractivity contribution is 0.0594. The van der Waals surface area contributed by atoms with Gasteiger partial charge in [0, 0.05) is 29.0 Å². The van der Waals surface area contributed by atoms with E-state index in [2.05, 4.69) is 75.4 Å². The average Bonchev–Trinajstić information content (AvgIpc) is 2.78. The van der Waals surface area contributed by atoms with E-state index in [1.54, 1.807) is 11.8 Å². The van der Waals surface area contributed by atoms with Crippen LogP contribution in [0, 0.1) is 0 Å². The summed E-state index contributed by atoms with van der Waals surface area (Å²) in [6, 6.07) is 21.1. The van der Waals surface area contributed by atoms with Gasteiger partial charge in [-0.1, -0.05) is 58.4 Å². The van der Waals surface area contributed by atoms with E-state index in [1.807, 2.05) is 12.3 Å². The van der Waals surface area contributed by atoms with Crippen molar-refractivity contribution in [1.82, 2.24) is 4.90 Å². The van der Waals surface area contributed by atoms with Gasteiger partial charge in [0.2, 0.25) is 0 Å². The van der Waals surface area contributed by atoms with Gasteiger partial charge < -0.3 is 4.74 Å². The highest BCUT2D eigenvalue weighted by Crippen LogP contribution is 2.39. The molecule has 1 heterocycles. The molecule has 3 nitrogen and oxygen atoms in total. The number of methoxy groups -OCH3 is 1. The lowest BCUT2D eigenvalue weighted by Crippen LogP contribution is -2.32. The number of carbonyl (C=O) groups excluding carboxylic acids is 1. The summed E-state index contributed by atoms with van der Waals surface area (Å²) in [7, 11) is 1.46. The van der Waals surface area contributed by atoms with Crippen molar-refractivity contribution in [2.24, 2.45) is 0 Å². The monoisotopic (exact) mass is 481 g/mol. The van der Waals surface area contributed by atoms with E-state index in [0.29, 0.717) is 0 Å². The molecule has 0 aromatic heterocycles. The quantitative estimate of drug-likeness (QED) is 0.321. The zero-order valence-corrected chi connectivity index (χ0v) is 19.6. The molecule has 0 fully saturated rings. The summed E-state index contributed by atoms with van der Waals surface area (Å²) in [5.74, 6) is -0.241. The molecule has 1 aliphatic heterocycles. The third-order valence-electron chi connectivity index (χ3n) is 5.59. The molecular weight excluding hydrogens is 458 g/mol. The Morgan fingerprint density at radius 3 is 2.50 bits per heavy atom. The number of halogens is 1. The van der Waals surface area contributed by atoms with Crippen molar-refractivity contribution in [3.63, 3.8) is 0 Å². The zero-order valence-electron chi connectivity index (χ0n) is 17.2. The maximum atomic E-state index is 12.7. The van der Waals surface area contributed by atoms with Gasteiger partial charge in [-0.3, -0.25) is 4.90 Å². The molecule has 5 heteroatoms. The van der Waals surface area contributed by atoms with E-state index >= 15 is 0 Å². The van der Waals surface area contributed by atoms with Crippen molar-refractivity contribution in [3.05, 3.63) is 87.4 Å². The van der Waals surface area contributed by atoms with Crippen LogP contribution in [0.25, 0.3) is 11.1 Å². The molecule has 30 heavy (non-hydrogen) atoms. The molecule has 4 rings (SSSR count). The number of hydrogen-bond acceptors (Lipinski definition) is 4. The minimum atomic E-state index is -0.241. The summed E-state index contributed by atoms with van der Waals surface area (Å²) in [4.78, 5) is 16.1. The minimum absolute atomic E-state index is 0.241. The molecule has 3 aromatic rings. The summed E-state index contributed by atoms with van der Waals surface area (Å²) in [6.45, 7) is 2.63. The third-order valence-corrected chi connectivity index (χ3v) is 6.88. The first kappa shape index (κ1) is 21.2. The Bertz CT molecular complexity index is 1050. The molecule has 0 saturated carbocycles. The molecule has 0 radical (unpaired) electrons. The number of fused-ring (bicyclic) bond motifs is 1. The highest BCUT2D eigenvalue weighted by atomic mass is 79.9. The summed E-state index contributed by atoms with van der Waals surface area (Å²) < 4.78 is 6.21. The molecule has 0 atom stereocenters. The topological polar surface area (TPSA) is 29.5 Å². The number of thioether (sulfide) groups is 1. The fourth-order valence-electron chi connectivity index (χ4n) is 4.13. The first-order valence-electron chi connectivity index (χ1n) is 9.94. The summed E-state index contributed by atoms with van der Waals surface area (Å²) >= 11 is 5.14. The van der Waals surface area contributed by atoms with E-state index in [9.17, 15) is 4.79 Å². The van der Waals surface area contributed by atoms with E-state index in [1.165, 1.54) is 29.4 Å². The van der Waals surface area contributed by atoms with Crippen LogP contribution in [0.4, 0.5) is 0 Å². The number of benzene rings is 3. The van der Waals surface area contributed by atoms with Crippen molar-refractivity contribution in [2.75, 3.05) is 19.9 Å². The maximum absolute atomic E-state index is 12.7. The van der Waals surface area contributed by atoms with Crippen molar-refractivity contribution in [2.45, 2.75) is 24.4 Å². The molecule has 0 N–H and O–H groups in total. The highest BCUT2D eigenvalue weighted by Gasteiger charge is 2.28. The fraction of sp³-hybridized carbons (Fsp3) is 0.240. The van der Waals surface area contributed by atoms with Gasteiger partial charge in [0.25, 0.3) is 0 Å². The van der Waals surface area contributed by atoms with Crippen LogP contribution in [0.1, 0.15) is 27.0 Å². The number of esters is 1. The Kier molecular flexibility index (Phi) is 6.61. The first-order valence-corrected chi connectivity index (χ1v) is 12.0. The fourth-order valence-corrected chi connectivity index (χ4v) is 5.04. The van der Waals surface area contributed by atoms with Crippen LogP contribution in [-0.2, 0) is 24.2 Å². The van der Waals surface area contributed by atoms with E-state index in [4.69, 9.17) is 4.74 Å². The molecule has 0 unspecified atom stereocenters. The van der Waals surface area contributed by atoms with E-state index in [0.717, 1.165) is 46.6 Å². The number of nitrogens with zero attached hydrogens (tertiary/aromatic N) is 1. The SMILES string of the molecule is COC(=O)c1c(SC)cc(-c2ccc(Br)cc2)c2c1CCN(Cc1ccccc1)C2. The largest absolute Gasteiger partial charge is 0.465 e. The van der Waals surface area contributed by atoms with Crippen LogP contribution in [0.3, 0.4) is 0 Å². The standard InChI is InChI=1S/C25H24BrNO2S/c1-29-25(28)24-20-12-13-27(15-17-6-4-3-5-7-17)16-22(20)21(14-23(24)30-2)18-8-10-19(26)11-9-18/h3-11,14H,12-13,15-16H2,1-2H3. The molecule has 0 amide bonds. The van der Waals surface area contributed by atoms with Crippen LogP contribution in [0.2, 0.25) is 0 Å². The minimum Gasteiger partial charge on any atom is -0.465 e. The van der Waals surface area contributed by atoms with Crippen molar-refractivity contribution in [3.8, 4) is 11.1 Å². The van der Waals surface area contributed by atoms with Gasteiger partial charge in [0.15, 0.2) is 0 Å². The van der Waals surface area contributed by atoms with E-state index in [-0.39, 0.29) is 5.97 Å². The Labute approximate surface area is 190 Å². The Morgan fingerprint density at radius 1 is 1.10 bits per heavy atom. The second kappa shape index (κ2) is 9.38. The number of carbonyl (C=O) groups is 1. The second-order valence-electron chi connectivity index (χ2n) is 7.40. The van der Waals surface area contributed by atoms with Crippen molar-refractivity contribution >= 4 is 33.7 Å². The van der Waals surface area contributed by atoms with Crippen LogP contribution in [0.5, 0.6) is 0 Å². The predicted molar refractivity (Wildman–Crippen MR) is 127 cm³/mol. The van der Waals surface area contributed by atoms with Crippen LogP contribution in [-0.4, -0.2) is 30.8 Å². The summed E-state index contributed by atoms with van der Waals surface area (Å²) in [6.07, 6.45) is 2.86. The predicted octanol–water partition coefficient (Wildman–Crippen LogP) is 6.18. The zero-order chi connectivity index (χ0) is 21.1. The Morgan fingerprint density at radius 2 is 1.83 bits per heavy atom. The highest BCUT2D eigenvalue weighted by molar-refractivity contribution is 9.10. The normalized spacial score (nSPS) is 13.7. The van der Waals surface area contributed by atoms with Gasteiger partial charge >= 0.3 is 5.97 Å². The molecule has 0 bridgehead atoms. The number of ether oxygens (including phenoxy) is 1. The molecule has 3 aromatic carbocycles. The molecule has 0 saturated heterocycles. The van der Waals surface area contributed by atoms with Crippen LogP contribution >= 0.6 is 27.7 Å². The van der Waals surface area contributed by atoms with Crippen molar-refractivity contribution < 1.29 is 9.53 Å². The maximum Gasteiger partial charge on any atom is 0.339 e. The molecule has 154 valence electrons. The second-order valence-corrected chi connectivity index (χ2v) is 9.17. The number of hydrogen-bond donors (Lipinski definition) is 0. The average molecular weight is 482 g/mol. The van der Waals surface area contributed by atoms with Gasteiger partial charge in [-0.15, -0.1) is 11.8 Å². The van der Waals surface area contributed by atoms with Crippen molar-refractivity contribution in [1.29, 1.82) is 0 Å². The molecular formula is C25H24BrNO2S. The third kappa shape index (κ3) is 4.34. The number of rotatable bonds is 5. The van der Waals surface area contributed by atoms with Gasteiger partial charge in [-0.05, 0) is 58.7 Å². The van der Waals surface area contributed by atoms with Crippen LogP contribution in [0.15, 0.2) is 70.0 Å². The first-order chi connectivity index (χ1) is 14.6. The molecule has 0 spiro atoms. The smallest absolute Gasteiger partial charge is 0.339 e. The van der Waals surface area contributed by atoms with Gasteiger partial charge in [0.1, 0.15) is 0 Å². The van der Waals surface area contributed by atoms with Crippen LogP contribution < -0.4 is 0 Å². The van der Waals surface area contributed by atoms with E-state index < -0.39 is 0 Å². The van der Waals surface area contributed by atoms with Gasteiger partial charge in [-0.25, -0.2) is 4.79 Å². The Balaban J connectivity index is 1.81. The Hall–Kier alpha value is -2.08. The lowest BCUT2D eigenvalue weighted by Gasteiger charge is -2.32. The lowest BCUT2D eigenvalue weighted by atomic mass is 9.87. The molecule has 0 aliphatic carbocycles. The summed E-state index contributed by atoms with van der Waals surface area (Å²) in [5.41, 5.74) is 6.78. The van der Waals surface area contributed by atoms with Gasteiger partial charge in [0.05, 0.1) is 12.7 Å². The molecule has 1 aliphatic rings. The van der Waals surface area contributed by atoms with Gasteiger partial charge in [-0.2, -0.15) is 0 Å².